The molecule has 3 rings (SSSR count). The molecule has 1 saturated heterocycles. The minimum absolute atomic E-state index is 0.157. The van der Waals surface area contributed by atoms with Crippen molar-refractivity contribution in [2.45, 2.75) is 25.8 Å². The SMILES string of the molecule is CC(/C=C/S(C)(=O)=O)NC(=O)c1cnc(N2CCCC2)nc1Oc1ccccc1. The van der Waals surface area contributed by atoms with Gasteiger partial charge in [-0.3, -0.25) is 4.79 Å². The number of benzene rings is 1. The summed E-state index contributed by atoms with van der Waals surface area (Å²) in [7, 11) is -3.27. The van der Waals surface area contributed by atoms with E-state index in [1.807, 2.05) is 18.2 Å². The number of aromatic nitrogens is 2. The highest BCUT2D eigenvalue weighted by molar-refractivity contribution is 7.93. The van der Waals surface area contributed by atoms with E-state index in [9.17, 15) is 13.2 Å². The lowest BCUT2D eigenvalue weighted by atomic mass is 10.2. The zero-order valence-electron chi connectivity index (χ0n) is 16.4. The van der Waals surface area contributed by atoms with E-state index in [0.717, 1.165) is 37.6 Å². The molecule has 0 spiro atoms. The summed E-state index contributed by atoms with van der Waals surface area (Å²) in [5.74, 6) is 0.784. The topological polar surface area (TPSA) is 101 Å². The molecule has 1 aromatic carbocycles. The third-order valence-corrected chi connectivity index (χ3v) is 4.96. The van der Waals surface area contributed by atoms with Gasteiger partial charge in [0.05, 0.1) is 0 Å². The number of amides is 1. The number of carbonyl (C=O) groups is 1. The summed E-state index contributed by atoms with van der Waals surface area (Å²) in [6, 6.07) is 8.57. The van der Waals surface area contributed by atoms with Gasteiger partial charge in [0.1, 0.15) is 11.3 Å². The first kappa shape index (κ1) is 20.8. The lowest BCUT2D eigenvalue weighted by Crippen LogP contribution is -2.32. The third kappa shape index (κ3) is 6.02. The average molecular weight is 417 g/mol. The second-order valence-electron chi connectivity index (χ2n) is 6.92. The molecule has 1 N–H and O–H groups in total. The summed E-state index contributed by atoms with van der Waals surface area (Å²) < 4.78 is 28.4. The second-order valence-corrected chi connectivity index (χ2v) is 8.85. The van der Waals surface area contributed by atoms with Gasteiger partial charge in [-0.15, -0.1) is 0 Å². The fourth-order valence-electron chi connectivity index (χ4n) is 2.85. The van der Waals surface area contributed by atoms with Crippen LogP contribution in [0.3, 0.4) is 0 Å². The minimum Gasteiger partial charge on any atom is -0.438 e. The third-order valence-electron chi connectivity index (χ3n) is 4.31. The van der Waals surface area contributed by atoms with Crippen LogP contribution in [-0.4, -0.2) is 49.7 Å². The summed E-state index contributed by atoms with van der Waals surface area (Å²) in [5, 5.41) is 3.78. The number of nitrogens with one attached hydrogen (secondary N) is 1. The molecule has 1 aliphatic heterocycles. The van der Waals surface area contributed by atoms with Crippen molar-refractivity contribution < 1.29 is 17.9 Å². The van der Waals surface area contributed by atoms with E-state index >= 15 is 0 Å². The monoisotopic (exact) mass is 416 g/mol. The molecule has 1 amide bonds. The molecule has 9 heteroatoms. The van der Waals surface area contributed by atoms with Gasteiger partial charge in [-0.1, -0.05) is 24.3 Å². The Kier molecular flexibility index (Phi) is 6.48. The molecule has 0 bridgehead atoms. The van der Waals surface area contributed by atoms with E-state index in [4.69, 9.17) is 4.74 Å². The maximum Gasteiger partial charge on any atom is 0.258 e. The summed E-state index contributed by atoms with van der Waals surface area (Å²) in [6.07, 6.45) is 6.09. The van der Waals surface area contributed by atoms with Crippen molar-refractivity contribution in [1.82, 2.24) is 15.3 Å². The number of rotatable bonds is 7. The van der Waals surface area contributed by atoms with Crippen LogP contribution in [0.2, 0.25) is 0 Å². The smallest absolute Gasteiger partial charge is 0.258 e. The molecule has 2 heterocycles. The fourth-order valence-corrected chi connectivity index (χ4v) is 3.37. The van der Waals surface area contributed by atoms with Gasteiger partial charge in [-0.05, 0) is 31.9 Å². The van der Waals surface area contributed by atoms with E-state index in [2.05, 4.69) is 20.2 Å². The molecule has 0 radical (unpaired) electrons. The van der Waals surface area contributed by atoms with Gasteiger partial charge in [0.15, 0.2) is 9.84 Å². The molecule has 29 heavy (non-hydrogen) atoms. The predicted octanol–water partition coefficient (Wildman–Crippen LogP) is 2.55. The molecule has 1 aromatic heterocycles. The normalized spacial score (nSPS) is 15.4. The van der Waals surface area contributed by atoms with Crippen molar-refractivity contribution in [2.75, 3.05) is 24.2 Å². The van der Waals surface area contributed by atoms with Crippen LogP contribution in [0.1, 0.15) is 30.1 Å². The number of sulfone groups is 1. The van der Waals surface area contributed by atoms with E-state index in [1.54, 1.807) is 19.1 Å². The number of anilines is 1. The highest BCUT2D eigenvalue weighted by Crippen LogP contribution is 2.26. The molecule has 0 aliphatic carbocycles. The fraction of sp³-hybridized carbons (Fsp3) is 0.350. The summed E-state index contributed by atoms with van der Waals surface area (Å²) >= 11 is 0. The molecule has 8 nitrogen and oxygen atoms in total. The van der Waals surface area contributed by atoms with Gasteiger partial charge in [-0.25, -0.2) is 13.4 Å². The van der Waals surface area contributed by atoms with E-state index in [1.165, 1.54) is 12.3 Å². The quantitative estimate of drug-likeness (QED) is 0.740. The van der Waals surface area contributed by atoms with Gasteiger partial charge in [0, 0.05) is 37.0 Å². The molecular weight excluding hydrogens is 392 g/mol. The predicted molar refractivity (Wildman–Crippen MR) is 111 cm³/mol. The van der Waals surface area contributed by atoms with Crippen molar-refractivity contribution in [3.05, 3.63) is 53.6 Å². The van der Waals surface area contributed by atoms with E-state index in [0.29, 0.717) is 11.7 Å². The van der Waals surface area contributed by atoms with Crippen LogP contribution in [0.4, 0.5) is 5.95 Å². The van der Waals surface area contributed by atoms with Crippen LogP contribution in [0.5, 0.6) is 11.6 Å². The zero-order chi connectivity index (χ0) is 20.9. The summed E-state index contributed by atoms with van der Waals surface area (Å²) in [4.78, 5) is 23.6. The number of nitrogens with zero attached hydrogens (tertiary/aromatic N) is 3. The Morgan fingerprint density at radius 3 is 2.59 bits per heavy atom. The molecule has 1 aliphatic rings. The van der Waals surface area contributed by atoms with Crippen LogP contribution in [0.15, 0.2) is 48.0 Å². The highest BCUT2D eigenvalue weighted by Gasteiger charge is 2.21. The first-order chi connectivity index (χ1) is 13.8. The Morgan fingerprint density at radius 2 is 1.93 bits per heavy atom. The Morgan fingerprint density at radius 1 is 1.24 bits per heavy atom. The van der Waals surface area contributed by atoms with Crippen molar-refractivity contribution in [3.63, 3.8) is 0 Å². The molecule has 1 unspecified atom stereocenters. The summed E-state index contributed by atoms with van der Waals surface area (Å²) in [5.41, 5.74) is 0.177. The molecule has 2 aromatic rings. The average Bonchev–Trinajstić information content (AvgIpc) is 3.21. The lowest BCUT2D eigenvalue weighted by Gasteiger charge is -2.18. The Labute approximate surface area is 170 Å². The Hall–Kier alpha value is -2.94. The molecule has 1 fully saturated rings. The Bertz CT molecular complexity index is 987. The van der Waals surface area contributed by atoms with Gasteiger partial charge < -0.3 is 15.0 Å². The molecule has 0 saturated carbocycles. The molecule has 1 atom stereocenters. The number of ether oxygens (including phenoxy) is 1. The van der Waals surface area contributed by atoms with Crippen molar-refractivity contribution in [1.29, 1.82) is 0 Å². The molecular formula is C20H24N4O4S. The van der Waals surface area contributed by atoms with Gasteiger partial charge in [0.2, 0.25) is 11.8 Å². The van der Waals surface area contributed by atoms with Crippen LogP contribution in [-0.2, 0) is 9.84 Å². The van der Waals surface area contributed by atoms with Crippen molar-refractivity contribution in [2.24, 2.45) is 0 Å². The number of para-hydroxylation sites is 1. The maximum absolute atomic E-state index is 12.8. The largest absolute Gasteiger partial charge is 0.438 e. The first-order valence-electron chi connectivity index (χ1n) is 9.36. The molecule has 154 valence electrons. The highest BCUT2D eigenvalue weighted by atomic mass is 32.2. The van der Waals surface area contributed by atoms with Crippen LogP contribution < -0.4 is 15.0 Å². The maximum atomic E-state index is 12.8. The van der Waals surface area contributed by atoms with Crippen molar-refractivity contribution >= 4 is 21.7 Å². The van der Waals surface area contributed by atoms with Crippen LogP contribution in [0.25, 0.3) is 0 Å². The zero-order valence-corrected chi connectivity index (χ0v) is 17.2. The van der Waals surface area contributed by atoms with Gasteiger partial charge >= 0.3 is 0 Å². The van der Waals surface area contributed by atoms with Gasteiger partial charge in [-0.2, -0.15) is 4.98 Å². The second kappa shape index (κ2) is 9.04. The number of carbonyl (C=O) groups excluding carboxylic acids is 1. The number of hydrogen-bond acceptors (Lipinski definition) is 7. The van der Waals surface area contributed by atoms with Gasteiger partial charge in [0.25, 0.3) is 5.91 Å². The van der Waals surface area contributed by atoms with Crippen molar-refractivity contribution in [3.8, 4) is 11.6 Å². The lowest BCUT2D eigenvalue weighted by molar-refractivity contribution is 0.0943. The number of hydrogen-bond donors (Lipinski definition) is 1. The minimum atomic E-state index is -3.27. The Balaban J connectivity index is 1.85. The summed E-state index contributed by atoms with van der Waals surface area (Å²) in [6.45, 7) is 3.41. The van der Waals surface area contributed by atoms with E-state index in [-0.39, 0.29) is 11.4 Å². The van der Waals surface area contributed by atoms with E-state index < -0.39 is 21.8 Å². The van der Waals surface area contributed by atoms with Crippen LogP contribution in [0, 0.1) is 0 Å². The first-order valence-corrected chi connectivity index (χ1v) is 11.3. The standard InChI is InChI=1S/C20H24N4O4S/c1-15(10-13-29(2,26)27)22-18(25)17-14-21-20(24-11-6-7-12-24)23-19(17)28-16-8-4-3-5-9-16/h3-5,8-10,13-15H,6-7,11-12H2,1-2H3,(H,22,25)/b13-10+. The van der Waals surface area contributed by atoms with Crippen LogP contribution >= 0.6 is 0 Å².